The van der Waals surface area contributed by atoms with Gasteiger partial charge in [0.05, 0.1) is 0 Å². The highest BCUT2D eigenvalue weighted by Gasteiger charge is 2.27. The molecule has 2 rings (SSSR count). The Bertz CT molecular complexity index is 484. The first-order valence-electron chi connectivity index (χ1n) is 7.83. The van der Waals surface area contributed by atoms with Crippen LogP contribution in [0.15, 0.2) is 29.3 Å². The van der Waals surface area contributed by atoms with Crippen LogP contribution in [0.1, 0.15) is 37.3 Å². The molecule has 0 aromatic heterocycles. The van der Waals surface area contributed by atoms with Gasteiger partial charge in [0.2, 0.25) is 0 Å². The molecule has 0 saturated carbocycles. The lowest BCUT2D eigenvalue weighted by Gasteiger charge is -2.35. The fraction of sp³-hybridized carbons (Fsp3) is 0.529. The van der Waals surface area contributed by atoms with Gasteiger partial charge in [-0.05, 0) is 31.4 Å². The zero-order chi connectivity index (χ0) is 15.9. The molecular weight excluding hydrogens is 386 g/mol. The quantitative estimate of drug-likeness (QED) is 0.512. The van der Waals surface area contributed by atoms with E-state index in [0.717, 1.165) is 51.9 Å². The number of hydrogen-bond acceptors (Lipinski definition) is 2. The minimum absolute atomic E-state index is 0. The molecule has 1 aromatic rings. The number of piperazine rings is 1. The molecular formula is C17H24BrClF2N2. The van der Waals surface area contributed by atoms with E-state index in [1.807, 2.05) is 6.08 Å². The number of rotatable bonds is 7. The van der Waals surface area contributed by atoms with Crippen LogP contribution in [0, 0.1) is 11.6 Å². The Labute approximate surface area is 151 Å². The SMILES string of the molecule is C=CCCCC[C@H](c1c(F)cc(Br)cc1F)N1CCNCC1.Cl. The maximum atomic E-state index is 14.4. The van der Waals surface area contributed by atoms with Crippen molar-refractivity contribution in [3.05, 3.63) is 46.5 Å². The zero-order valence-electron chi connectivity index (χ0n) is 13.2. The van der Waals surface area contributed by atoms with Gasteiger partial charge in [-0.1, -0.05) is 28.4 Å². The van der Waals surface area contributed by atoms with Gasteiger partial charge in [-0.15, -0.1) is 19.0 Å². The molecule has 1 N–H and O–H groups in total. The van der Waals surface area contributed by atoms with Crippen molar-refractivity contribution in [1.29, 1.82) is 0 Å². The molecule has 1 atom stereocenters. The van der Waals surface area contributed by atoms with E-state index < -0.39 is 11.6 Å². The van der Waals surface area contributed by atoms with Crippen molar-refractivity contribution >= 4 is 28.3 Å². The monoisotopic (exact) mass is 408 g/mol. The maximum Gasteiger partial charge on any atom is 0.132 e. The summed E-state index contributed by atoms with van der Waals surface area (Å²) in [4.78, 5) is 2.19. The topological polar surface area (TPSA) is 15.3 Å². The number of unbranched alkanes of at least 4 members (excludes halogenated alkanes) is 2. The van der Waals surface area contributed by atoms with E-state index in [1.54, 1.807) is 0 Å². The van der Waals surface area contributed by atoms with Gasteiger partial charge in [-0.25, -0.2) is 8.78 Å². The summed E-state index contributed by atoms with van der Waals surface area (Å²) in [6, 6.07) is 2.52. The second-order valence-electron chi connectivity index (χ2n) is 5.66. The first kappa shape index (κ1) is 20.6. The van der Waals surface area contributed by atoms with E-state index in [0.29, 0.717) is 4.47 Å². The molecule has 0 radical (unpaired) electrons. The van der Waals surface area contributed by atoms with E-state index in [1.165, 1.54) is 12.1 Å². The summed E-state index contributed by atoms with van der Waals surface area (Å²) >= 11 is 3.15. The van der Waals surface area contributed by atoms with Gasteiger partial charge >= 0.3 is 0 Å². The Morgan fingerprint density at radius 2 is 1.83 bits per heavy atom. The van der Waals surface area contributed by atoms with E-state index in [2.05, 4.69) is 32.7 Å². The highest BCUT2D eigenvalue weighted by Crippen LogP contribution is 2.32. The fourth-order valence-electron chi connectivity index (χ4n) is 3.00. The lowest BCUT2D eigenvalue weighted by Crippen LogP contribution is -2.45. The molecule has 6 heteroatoms. The Morgan fingerprint density at radius 3 is 2.39 bits per heavy atom. The first-order valence-corrected chi connectivity index (χ1v) is 8.63. The third-order valence-corrected chi connectivity index (χ3v) is 4.56. The molecule has 1 aromatic carbocycles. The van der Waals surface area contributed by atoms with Gasteiger partial charge in [-0.2, -0.15) is 0 Å². The number of allylic oxidation sites excluding steroid dienone is 1. The van der Waals surface area contributed by atoms with Gasteiger partial charge in [0.1, 0.15) is 11.6 Å². The maximum absolute atomic E-state index is 14.4. The van der Waals surface area contributed by atoms with Crippen LogP contribution in [0.2, 0.25) is 0 Å². The third-order valence-electron chi connectivity index (χ3n) is 4.11. The molecule has 0 bridgehead atoms. The lowest BCUT2D eigenvalue weighted by molar-refractivity contribution is 0.156. The van der Waals surface area contributed by atoms with Crippen LogP contribution in [-0.4, -0.2) is 31.1 Å². The summed E-state index contributed by atoms with van der Waals surface area (Å²) in [5, 5.41) is 3.29. The summed E-state index contributed by atoms with van der Waals surface area (Å²) in [5.41, 5.74) is 0.212. The molecule has 1 saturated heterocycles. The van der Waals surface area contributed by atoms with Crippen LogP contribution in [0.5, 0.6) is 0 Å². The van der Waals surface area contributed by atoms with Crippen molar-refractivity contribution in [3.63, 3.8) is 0 Å². The van der Waals surface area contributed by atoms with E-state index in [-0.39, 0.29) is 24.0 Å². The Morgan fingerprint density at radius 1 is 1.22 bits per heavy atom. The molecule has 1 fully saturated rings. The van der Waals surface area contributed by atoms with Crippen molar-refractivity contribution in [2.75, 3.05) is 26.2 Å². The summed E-state index contributed by atoms with van der Waals surface area (Å²) in [6.07, 6.45) is 5.55. The van der Waals surface area contributed by atoms with Gasteiger partial charge in [0, 0.05) is 42.3 Å². The summed E-state index contributed by atoms with van der Waals surface area (Å²) < 4.78 is 29.2. The second-order valence-corrected chi connectivity index (χ2v) is 6.57. The van der Waals surface area contributed by atoms with Crippen molar-refractivity contribution < 1.29 is 8.78 Å². The van der Waals surface area contributed by atoms with E-state index >= 15 is 0 Å². The summed E-state index contributed by atoms with van der Waals surface area (Å²) in [6.45, 7) is 7.09. The number of nitrogens with zero attached hydrogens (tertiary/aromatic N) is 1. The molecule has 0 aliphatic carbocycles. The Kier molecular flexibility index (Phi) is 9.29. The number of benzene rings is 1. The van der Waals surface area contributed by atoms with Crippen LogP contribution < -0.4 is 5.32 Å². The van der Waals surface area contributed by atoms with Crippen molar-refractivity contribution in [1.82, 2.24) is 10.2 Å². The van der Waals surface area contributed by atoms with Crippen molar-refractivity contribution in [2.45, 2.75) is 31.7 Å². The molecule has 2 nitrogen and oxygen atoms in total. The molecule has 130 valence electrons. The van der Waals surface area contributed by atoms with Gasteiger partial charge in [-0.3, -0.25) is 4.90 Å². The van der Waals surface area contributed by atoms with E-state index in [4.69, 9.17) is 0 Å². The van der Waals surface area contributed by atoms with Gasteiger partial charge < -0.3 is 5.32 Å². The molecule has 0 spiro atoms. The Balaban J connectivity index is 0.00000264. The predicted molar refractivity (Wildman–Crippen MR) is 97.2 cm³/mol. The third kappa shape index (κ3) is 5.82. The molecule has 23 heavy (non-hydrogen) atoms. The standard InChI is InChI=1S/C17H23BrF2N2.ClH/c1-2-3-4-5-6-16(22-9-7-21-8-10-22)17-14(19)11-13(18)12-15(17)20;/h2,11-12,16,21H,1,3-10H2;1H/t16-;/m1./s1. The minimum Gasteiger partial charge on any atom is -0.314 e. The summed E-state index contributed by atoms with van der Waals surface area (Å²) in [7, 11) is 0. The molecule has 0 amide bonds. The smallest absolute Gasteiger partial charge is 0.132 e. The van der Waals surface area contributed by atoms with Gasteiger partial charge in [0.25, 0.3) is 0 Å². The average molecular weight is 410 g/mol. The fourth-order valence-corrected chi connectivity index (χ4v) is 3.40. The lowest BCUT2D eigenvalue weighted by atomic mass is 9.97. The number of hydrogen-bond donors (Lipinski definition) is 1. The molecule has 1 aliphatic rings. The normalized spacial score (nSPS) is 16.7. The van der Waals surface area contributed by atoms with Crippen LogP contribution >= 0.6 is 28.3 Å². The number of nitrogens with one attached hydrogen (secondary N) is 1. The molecule has 0 unspecified atom stereocenters. The van der Waals surface area contributed by atoms with E-state index in [9.17, 15) is 8.78 Å². The minimum atomic E-state index is -0.459. The predicted octanol–water partition coefficient (Wildman–Crippen LogP) is 4.84. The molecule has 1 heterocycles. The average Bonchev–Trinajstić information content (AvgIpc) is 2.49. The van der Waals surface area contributed by atoms with Crippen molar-refractivity contribution in [3.8, 4) is 0 Å². The Hall–Kier alpha value is -0.490. The highest BCUT2D eigenvalue weighted by atomic mass is 79.9. The molecule has 1 aliphatic heterocycles. The van der Waals surface area contributed by atoms with Crippen LogP contribution in [-0.2, 0) is 0 Å². The number of halogens is 4. The highest BCUT2D eigenvalue weighted by molar-refractivity contribution is 9.10. The van der Waals surface area contributed by atoms with Crippen LogP contribution in [0.25, 0.3) is 0 Å². The largest absolute Gasteiger partial charge is 0.314 e. The van der Waals surface area contributed by atoms with Gasteiger partial charge in [0.15, 0.2) is 0 Å². The summed E-state index contributed by atoms with van der Waals surface area (Å²) in [5.74, 6) is -0.918. The van der Waals surface area contributed by atoms with Crippen LogP contribution in [0.4, 0.5) is 8.78 Å². The second kappa shape index (κ2) is 10.4. The van der Waals surface area contributed by atoms with Crippen molar-refractivity contribution in [2.24, 2.45) is 0 Å². The van der Waals surface area contributed by atoms with Crippen LogP contribution in [0.3, 0.4) is 0 Å². The zero-order valence-corrected chi connectivity index (χ0v) is 15.6. The first-order chi connectivity index (χ1) is 10.6.